The predicted octanol–water partition coefficient (Wildman–Crippen LogP) is 2.33. The van der Waals surface area contributed by atoms with Crippen LogP contribution in [-0.2, 0) is 6.54 Å². The monoisotopic (exact) mass is 224 g/mol. The van der Waals surface area contributed by atoms with Crippen LogP contribution in [0.3, 0.4) is 0 Å². The van der Waals surface area contributed by atoms with E-state index in [1.165, 1.54) is 12.1 Å². The first kappa shape index (κ1) is 10.5. The Morgan fingerprint density at radius 1 is 1.53 bits per heavy atom. The van der Waals surface area contributed by atoms with Crippen molar-refractivity contribution >= 4 is 17.6 Å². The summed E-state index contributed by atoms with van der Waals surface area (Å²) in [4.78, 5) is 1.99. The number of benzene rings is 1. The Morgan fingerprint density at radius 3 is 3.07 bits per heavy atom. The molecule has 1 aromatic rings. The van der Waals surface area contributed by atoms with E-state index in [4.69, 9.17) is 5.41 Å². The number of thioether (sulfide) groups is 1. The molecule has 1 aliphatic rings. The Bertz CT molecular complexity index is 392. The third-order valence-corrected chi connectivity index (χ3v) is 3.16. The Balaban J connectivity index is 2.18. The Kier molecular flexibility index (Phi) is 2.95. The molecule has 1 N–H and O–H groups in total. The molecular formula is C11H13FN2S. The van der Waals surface area contributed by atoms with E-state index in [-0.39, 0.29) is 5.82 Å². The van der Waals surface area contributed by atoms with Gasteiger partial charge in [-0.2, -0.15) is 11.8 Å². The van der Waals surface area contributed by atoms with Gasteiger partial charge in [0.15, 0.2) is 0 Å². The minimum Gasteiger partial charge on any atom is -0.351 e. The van der Waals surface area contributed by atoms with Crippen molar-refractivity contribution in [1.82, 2.24) is 4.90 Å². The zero-order valence-corrected chi connectivity index (χ0v) is 9.40. The third kappa shape index (κ3) is 2.00. The minimum absolute atomic E-state index is 0.259. The zero-order valence-electron chi connectivity index (χ0n) is 8.59. The highest BCUT2D eigenvalue weighted by Crippen LogP contribution is 2.23. The number of amidine groups is 1. The van der Waals surface area contributed by atoms with Crippen molar-refractivity contribution in [3.63, 3.8) is 0 Å². The molecule has 80 valence electrons. The van der Waals surface area contributed by atoms with E-state index in [0.29, 0.717) is 5.84 Å². The summed E-state index contributed by atoms with van der Waals surface area (Å²) in [5.41, 5.74) is 1.80. The number of fused-ring (bicyclic) bond motifs is 1. The number of rotatable bonds is 3. The fourth-order valence-electron chi connectivity index (χ4n) is 1.75. The smallest absolute Gasteiger partial charge is 0.128 e. The van der Waals surface area contributed by atoms with Crippen LogP contribution in [0.25, 0.3) is 0 Å². The molecule has 0 radical (unpaired) electrons. The second kappa shape index (κ2) is 4.23. The van der Waals surface area contributed by atoms with E-state index in [0.717, 1.165) is 30.0 Å². The average Bonchev–Trinajstić information content (AvgIpc) is 2.53. The molecular weight excluding hydrogens is 211 g/mol. The van der Waals surface area contributed by atoms with Crippen LogP contribution in [0, 0.1) is 11.2 Å². The molecule has 4 heteroatoms. The lowest BCUT2D eigenvalue weighted by atomic mass is 10.1. The zero-order chi connectivity index (χ0) is 10.8. The SMILES string of the molecule is CSCCN1Cc2ccc(F)cc2C1=N. The van der Waals surface area contributed by atoms with Crippen LogP contribution in [0.5, 0.6) is 0 Å². The van der Waals surface area contributed by atoms with Gasteiger partial charge in [0, 0.05) is 24.4 Å². The van der Waals surface area contributed by atoms with Crippen LogP contribution in [0.1, 0.15) is 11.1 Å². The summed E-state index contributed by atoms with van der Waals surface area (Å²) in [5, 5.41) is 7.91. The van der Waals surface area contributed by atoms with Crippen molar-refractivity contribution in [2.75, 3.05) is 18.6 Å². The van der Waals surface area contributed by atoms with E-state index < -0.39 is 0 Å². The Hall–Kier alpha value is -1.03. The fourth-order valence-corrected chi connectivity index (χ4v) is 2.16. The first-order valence-electron chi connectivity index (χ1n) is 4.83. The van der Waals surface area contributed by atoms with Crippen LogP contribution < -0.4 is 0 Å². The normalized spacial score (nSPS) is 14.5. The van der Waals surface area contributed by atoms with E-state index in [1.54, 1.807) is 17.8 Å². The quantitative estimate of drug-likeness (QED) is 0.853. The predicted molar refractivity (Wildman–Crippen MR) is 62.0 cm³/mol. The highest BCUT2D eigenvalue weighted by atomic mass is 32.2. The second-order valence-corrected chi connectivity index (χ2v) is 4.55. The van der Waals surface area contributed by atoms with Crippen molar-refractivity contribution in [2.45, 2.75) is 6.54 Å². The van der Waals surface area contributed by atoms with E-state index in [2.05, 4.69) is 0 Å². The maximum Gasteiger partial charge on any atom is 0.128 e. The number of halogens is 1. The molecule has 0 atom stereocenters. The standard InChI is InChI=1S/C11H13FN2S/c1-15-5-4-14-7-8-2-3-9(12)6-10(8)11(14)13/h2-3,6,13H,4-5,7H2,1H3. The van der Waals surface area contributed by atoms with Crippen LogP contribution in [0.2, 0.25) is 0 Å². The van der Waals surface area contributed by atoms with Gasteiger partial charge in [0.25, 0.3) is 0 Å². The molecule has 0 spiro atoms. The van der Waals surface area contributed by atoms with Crippen LogP contribution in [-0.4, -0.2) is 29.3 Å². The molecule has 15 heavy (non-hydrogen) atoms. The summed E-state index contributed by atoms with van der Waals surface area (Å²) in [6.45, 7) is 1.60. The van der Waals surface area contributed by atoms with Gasteiger partial charge in [0.1, 0.15) is 11.7 Å². The molecule has 2 nitrogen and oxygen atoms in total. The van der Waals surface area contributed by atoms with Crippen molar-refractivity contribution in [3.05, 3.63) is 35.1 Å². The molecule has 0 saturated carbocycles. The number of nitrogens with zero attached hydrogens (tertiary/aromatic N) is 1. The summed E-state index contributed by atoms with van der Waals surface area (Å²) in [6, 6.07) is 4.69. The van der Waals surface area contributed by atoms with Gasteiger partial charge in [-0.15, -0.1) is 0 Å². The van der Waals surface area contributed by atoms with E-state index in [1.807, 2.05) is 11.2 Å². The summed E-state index contributed by atoms with van der Waals surface area (Å²) in [7, 11) is 0. The summed E-state index contributed by atoms with van der Waals surface area (Å²) >= 11 is 1.76. The van der Waals surface area contributed by atoms with E-state index in [9.17, 15) is 4.39 Å². The second-order valence-electron chi connectivity index (χ2n) is 3.56. The maximum atomic E-state index is 13.0. The lowest BCUT2D eigenvalue weighted by Crippen LogP contribution is -2.26. The molecule has 0 aromatic heterocycles. The van der Waals surface area contributed by atoms with Gasteiger partial charge in [-0.3, -0.25) is 5.41 Å². The van der Waals surface area contributed by atoms with E-state index >= 15 is 0 Å². The van der Waals surface area contributed by atoms with Crippen LogP contribution in [0.15, 0.2) is 18.2 Å². The highest BCUT2D eigenvalue weighted by molar-refractivity contribution is 7.98. The first-order chi connectivity index (χ1) is 7.22. The molecule has 0 fully saturated rings. The van der Waals surface area contributed by atoms with Crippen LogP contribution >= 0.6 is 11.8 Å². The molecule has 0 unspecified atom stereocenters. The Labute approximate surface area is 93.0 Å². The average molecular weight is 224 g/mol. The lowest BCUT2D eigenvalue weighted by Gasteiger charge is -2.16. The molecule has 1 aromatic carbocycles. The first-order valence-corrected chi connectivity index (χ1v) is 6.23. The molecule has 0 bridgehead atoms. The van der Waals surface area contributed by atoms with Crippen molar-refractivity contribution < 1.29 is 4.39 Å². The molecule has 1 heterocycles. The topological polar surface area (TPSA) is 27.1 Å². The minimum atomic E-state index is -0.259. The summed E-state index contributed by atoms with van der Waals surface area (Å²) in [5.74, 6) is 1.20. The molecule has 0 amide bonds. The van der Waals surface area contributed by atoms with Gasteiger partial charge < -0.3 is 4.90 Å². The fraction of sp³-hybridized carbons (Fsp3) is 0.364. The Morgan fingerprint density at radius 2 is 2.33 bits per heavy atom. The van der Waals surface area contributed by atoms with Gasteiger partial charge in [-0.25, -0.2) is 4.39 Å². The van der Waals surface area contributed by atoms with Crippen molar-refractivity contribution in [1.29, 1.82) is 5.41 Å². The number of nitrogens with one attached hydrogen (secondary N) is 1. The number of hydrogen-bond donors (Lipinski definition) is 1. The largest absolute Gasteiger partial charge is 0.351 e. The lowest BCUT2D eigenvalue weighted by molar-refractivity contribution is 0.456. The maximum absolute atomic E-state index is 13.0. The van der Waals surface area contributed by atoms with Gasteiger partial charge in [0.05, 0.1) is 0 Å². The van der Waals surface area contributed by atoms with Crippen LogP contribution in [0.4, 0.5) is 4.39 Å². The molecule has 2 rings (SSSR count). The molecule has 0 saturated heterocycles. The summed E-state index contributed by atoms with van der Waals surface area (Å²) in [6.07, 6.45) is 2.05. The van der Waals surface area contributed by atoms with Gasteiger partial charge in [0.2, 0.25) is 0 Å². The van der Waals surface area contributed by atoms with Gasteiger partial charge in [-0.1, -0.05) is 6.07 Å². The summed E-state index contributed by atoms with van der Waals surface area (Å²) < 4.78 is 13.0. The van der Waals surface area contributed by atoms with Gasteiger partial charge >= 0.3 is 0 Å². The highest BCUT2D eigenvalue weighted by Gasteiger charge is 2.23. The van der Waals surface area contributed by atoms with Crippen molar-refractivity contribution in [2.24, 2.45) is 0 Å². The molecule has 1 aliphatic heterocycles. The third-order valence-electron chi connectivity index (χ3n) is 2.57. The van der Waals surface area contributed by atoms with Gasteiger partial charge in [-0.05, 0) is 24.0 Å². The molecule has 0 aliphatic carbocycles. The number of hydrogen-bond acceptors (Lipinski definition) is 2. The van der Waals surface area contributed by atoms with Crippen molar-refractivity contribution in [3.8, 4) is 0 Å².